The molecule has 1 amide bonds. The highest BCUT2D eigenvalue weighted by atomic mass is 19.1. The zero-order chi connectivity index (χ0) is 31.9. The second-order valence-corrected chi connectivity index (χ2v) is 13.3. The number of hydrogen-bond acceptors (Lipinski definition) is 8. The Kier molecular flexibility index (Phi) is 12.0. The van der Waals surface area contributed by atoms with E-state index in [1.165, 1.54) is 43.9 Å². The monoisotopic (exact) mass is 612 g/mol. The highest BCUT2D eigenvalue weighted by Crippen LogP contribution is 2.45. The molecule has 244 valence electrons. The molecule has 1 aromatic heterocycles. The fourth-order valence-electron chi connectivity index (χ4n) is 6.96. The number of hydrogen-bond donors (Lipinski definition) is 0. The van der Waals surface area contributed by atoms with E-state index in [0.29, 0.717) is 11.9 Å². The van der Waals surface area contributed by atoms with E-state index in [1.54, 1.807) is 18.2 Å². The number of benzene rings is 1. The normalized spacial score (nSPS) is 17.1. The number of amides is 1. The van der Waals surface area contributed by atoms with E-state index in [2.05, 4.69) is 38.9 Å². The lowest BCUT2D eigenvalue weighted by Crippen LogP contribution is -2.60. The van der Waals surface area contributed by atoms with Crippen molar-refractivity contribution in [1.82, 2.24) is 24.9 Å². The summed E-state index contributed by atoms with van der Waals surface area (Å²) in [5.74, 6) is -0.136. The van der Waals surface area contributed by atoms with E-state index >= 15 is 0 Å². The molecule has 0 bridgehead atoms. The molecular formula is C34H53FN6O3. The van der Waals surface area contributed by atoms with Crippen LogP contribution in [0.15, 0.2) is 30.5 Å². The summed E-state index contributed by atoms with van der Waals surface area (Å²) in [6.07, 6.45) is 7.64. The molecule has 0 unspecified atom stereocenters. The van der Waals surface area contributed by atoms with Crippen LogP contribution < -0.4 is 9.64 Å². The fraction of sp³-hybridized carbons (Fsp3) is 0.676. The fourth-order valence-corrected chi connectivity index (χ4v) is 6.96. The SMILES string of the molecule is CCC[C@@H](CCCN(C)CCOC)N1CC2(CCN(c3ccnnc3Oc3ccc(F)cc3C(=O)N(C(C)C)C(C)C)C2)C1. The zero-order valence-corrected chi connectivity index (χ0v) is 27.9. The minimum absolute atomic E-state index is 0.0484. The average Bonchev–Trinajstić information content (AvgIpc) is 3.41. The van der Waals surface area contributed by atoms with Gasteiger partial charge < -0.3 is 24.2 Å². The number of likely N-dealkylation sites (N-methyl/N-ethyl adjacent to an activating group) is 1. The molecule has 1 atom stereocenters. The van der Waals surface area contributed by atoms with Crippen LogP contribution in [0.5, 0.6) is 11.6 Å². The number of ether oxygens (including phenoxy) is 2. The third-order valence-corrected chi connectivity index (χ3v) is 9.14. The van der Waals surface area contributed by atoms with Crippen LogP contribution in [0.2, 0.25) is 0 Å². The van der Waals surface area contributed by atoms with Crippen LogP contribution in [0, 0.1) is 11.2 Å². The molecule has 0 radical (unpaired) electrons. The van der Waals surface area contributed by atoms with Crippen LogP contribution in [0.1, 0.15) is 77.1 Å². The van der Waals surface area contributed by atoms with Crippen molar-refractivity contribution in [3.05, 3.63) is 41.8 Å². The maximum Gasteiger partial charge on any atom is 0.262 e. The molecule has 2 saturated heterocycles. The molecule has 1 spiro atoms. The first-order valence-corrected chi connectivity index (χ1v) is 16.4. The summed E-state index contributed by atoms with van der Waals surface area (Å²) in [5, 5.41) is 8.42. The molecule has 0 N–H and O–H groups in total. The summed E-state index contributed by atoms with van der Waals surface area (Å²) in [7, 11) is 3.93. The quantitative estimate of drug-likeness (QED) is 0.239. The van der Waals surface area contributed by atoms with Gasteiger partial charge in [-0.2, -0.15) is 5.10 Å². The standard InChI is InChI=1S/C34H53FN6O3/c1-8-10-28(11-9-17-38(6)19-20-43-7)40-23-34(24-40)15-18-39(22-34)30-14-16-36-37-32(30)44-31-13-12-27(35)21-29(31)33(42)41(25(2)3)26(4)5/h12-14,16,21,25-26,28H,8-11,15,17-20,22-24H2,1-7H3/t28-/m0/s1. The Morgan fingerprint density at radius 2 is 1.84 bits per heavy atom. The van der Waals surface area contributed by atoms with Gasteiger partial charge >= 0.3 is 0 Å². The third-order valence-electron chi connectivity index (χ3n) is 9.14. The highest BCUT2D eigenvalue weighted by Gasteiger charge is 2.49. The average molecular weight is 613 g/mol. The first-order valence-electron chi connectivity index (χ1n) is 16.4. The van der Waals surface area contributed by atoms with Gasteiger partial charge in [0.2, 0.25) is 0 Å². The topological polar surface area (TPSA) is 74.3 Å². The van der Waals surface area contributed by atoms with Gasteiger partial charge in [0.15, 0.2) is 0 Å². The number of anilines is 1. The Balaban J connectivity index is 1.42. The molecule has 2 aliphatic heterocycles. The van der Waals surface area contributed by atoms with Gasteiger partial charge in [0.05, 0.1) is 18.4 Å². The van der Waals surface area contributed by atoms with E-state index in [0.717, 1.165) is 58.0 Å². The van der Waals surface area contributed by atoms with Gasteiger partial charge in [0, 0.05) is 63.4 Å². The maximum absolute atomic E-state index is 14.4. The van der Waals surface area contributed by atoms with Crippen LogP contribution in [-0.2, 0) is 4.74 Å². The molecule has 0 saturated carbocycles. The molecule has 3 heterocycles. The molecule has 9 nitrogen and oxygen atoms in total. The molecule has 0 aliphatic carbocycles. The van der Waals surface area contributed by atoms with Crippen molar-refractivity contribution in [3.63, 3.8) is 0 Å². The van der Waals surface area contributed by atoms with Crippen LogP contribution in [-0.4, -0.2) is 109 Å². The van der Waals surface area contributed by atoms with Gasteiger partial charge in [-0.3, -0.25) is 9.69 Å². The summed E-state index contributed by atoms with van der Waals surface area (Å²) in [5.41, 5.74) is 1.29. The van der Waals surface area contributed by atoms with E-state index in [-0.39, 0.29) is 34.7 Å². The van der Waals surface area contributed by atoms with Gasteiger partial charge in [-0.05, 0) is 91.2 Å². The number of aromatic nitrogens is 2. The predicted octanol–water partition coefficient (Wildman–Crippen LogP) is 5.71. The third kappa shape index (κ3) is 8.25. The molecule has 2 aromatic rings. The Hall–Kier alpha value is -2.82. The van der Waals surface area contributed by atoms with Gasteiger partial charge in [-0.15, -0.1) is 5.10 Å². The van der Waals surface area contributed by atoms with Crippen LogP contribution in [0.4, 0.5) is 10.1 Å². The smallest absolute Gasteiger partial charge is 0.262 e. The van der Waals surface area contributed by atoms with E-state index in [9.17, 15) is 9.18 Å². The Labute approximate surface area is 263 Å². The number of halogens is 1. The maximum atomic E-state index is 14.4. The van der Waals surface area contributed by atoms with Crippen molar-refractivity contribution in [3.8, 4) is 11.6 Å². The van der Waals surface area contributed by atoms with Gasteiger partial charge in [-0.1, -0.05) is 13.3 Å². The molecule has 44 heavy (non-hydrogen) atoms. The minimum Gasteiger partial charge on any atom is -0.435 e. The Bertz CT molecular complexity index is 1210. The van der Waals surface area contributed by atoms with Gasteiger partial charge in [-0.25, -0.2) is 4.39 Å². The lowest BCUT2D eigenvalue weighted by atomic mass is 9.77. The van der Waals surface area contributed by atoms with Crippen LogP contribution in [0.25, 0.3) is 0 Å². The van der Waals surface area contributed by atoms with Crippen molar-refractivity contribution in [2.24, 2.45) is 5.41 Å². The zero-order valence-electron chi connectivity index (χ0n) is 27.9. The lowest BCUT2D eigenvalue weighted by molar-refractivity contribution is -0.0229. The summed E-state index contributed by atoms with van der Waals surface area (Å²) in [6.45, 7) is 17.0. The van der Waals surface area contributed by atoms with Crippen molar-refractivity contribution in [2.75, 3.05) is 64.9 Å². The van der Waals surface area contributed by atoms with E-state index < -0.39 is 5.82 Å². The summed E-state index contributed by atoms with van der Waals surface area (Å²) < 4.78 is 25.9. The number of likely N-dealkylation sites (tertiary alicyclic amines) is 1. The van der Waals surface area contributed by atoms with Gasteiger partial charge in [0.1, 0.15) is 17.3 Å². The second-order valence-electron chi connectivity index (χ2n) is 13.3. The summed E-state index contributed by atoms with van der Waals surface area (Å²) >= 11 is 0. The first kappa shape index (κ1) is 34.1. The number of nitrogens with zero attached hydrogens (tertiary/aromatic N) is 6. The van der Waals surface area contributed by atoms with E-state index in [1.807, 2.05) is 33.8 Å². The van der Waals surface area contributed by atoms with Crippen molar-refractivity contribution in [2.45, 2.75) is 84.8 Å². The molecule has 2 aliphatic rings. The van der Waals surface area contributed by atoms with Crippen LogP contribution >= 0.6 is 0 Å². The minimum atomic E-state index is -0.483. The number of methoxy groups -OCH3 is 1. The molecule has 2 fully saturated rings. The largest absolute Gasteiger partial charge is 0.435 e. The number of carbonyl (C=O) groups is 1. The molecule has 4 rings (SSSR count). The van der Waals surface area contributed by atoms with Crippen LogP contribution in [0.3, 0.4) is 0 Å². The Morgan fingerprint density at radius 1 is 1.09 bits per heavy atom. The Morgan fingerprint density at radius 3 is 2.52 bits per heavy atom. The summed E-state index contributed by atoms with van der Waals surface area (Å²) in [6, 6.07) is 6.54. The van der Waals surface area contributed by atoms with E-state index in [4.69, 9.17) is 9.47 Å². The first-order chi connectivity index (χ1) is 21.1. The van der Waals surface area contributed by atoms with Gasteiger partial charge in [0.25, 0.3) is 11.8 Å². The second kappa shape index (κ2) is 15.5. The highest BCUT2D eigenvalue weighted by molar-refractivity contribution is 5.97. The van der Waals surface area contributed by atoms with Crippen molar-refractivity contribution >= 4 is 11.6 Å². The summed E-state index contributed by atoms with van der Waals surface area (Å²) in [4.78, 5) is 22.7. The molecule has 1 aromatic carbocycles. The number of carbonyl (C=O) groups excluding carboxylic acids is 1. The molecule has 10 heteroatoms. The van der Waals surface area contributed by atoms with Crippen molar-refractivity contribution < 1.29 is 18.7 Å². The molecular weight excluding hydrogens is 559 g/mol. The lowest BCUT2D eigenvalue weighted by Gasteiger charge is -2.52. The predicted molar refractivity (Wildman–Crippen MR) is 173 cm³/mol. The van der Waals surface area contributed by atoms with Crippen molar-refractivity contribution in [1.29, 1.82) is 0 Å². The number of rotatable bonds is 16.